The Morgan fingerprint density at radius 1 is 0.339 bits per heavy atom. The molecule has 12 rings (SSSR count). The maximum absolute atomic E-state index is 5.09. The average Bonchev–Trinajstić information content (AvgIpc) is 3.75. The molecule has 4 nitrogen and oxygen atoms in total. The molecule has 274 valence electrons. The van der Waals surface area contributed by atoms with Gasteiger partial charge < -0.3 is 0 Å². The first-order chi connectivity index (χ1) is 29.2. The van der Waals surface area contributed by atoms with Crippen molar-refractivity contribution >= 4 is 64.9 Å². The first-order valence-corrected chi connectivity index (χ1v) is 20.0. The lowest BCUT2D eigenvalue weighted by molar-refractivity contribution is 0.766. The molecule has 0 amide bonds. The fourth-order valence-electron chi connectivity index (χ4n) is 9.08. The highest BCUT2D eigenvalue weighted by Crippen LogP contribution is 2.46. The first kappa shape index (κ1) is 33.2. The summed E-state index contributed by atoms with van der Waals surface area (Å²) in [6.45, 7) is 0. The Hall–Kier alpha value is -7.95. The number of fused-ring (bicyclic) bond motifs is 7. The van der Waals surface area contributed by atoms with Crippen LogP contribution in [0.4, 0.5) is 0 Å². The second kappa shape index (κ2) is 13.3. The molecule has 0 saturated heterocycles. The third-order valence-electron chi connectivity index (χ3n) is 11.9. The molecule has 2 heterocycles. The molecule has 59 heavy (non-hydrogen) atoms. The van der Waals surface area contributed by atoms with Crippen molar-refractivity contribution in [2.75, 3.05) is 0 Å². The third-order valence-corrected chi connectivity index (χ3v) is 11.9. The summed E-state index contributed by atoms with van der Waals surface area (Å²) in [5.74, 6) is 0. The Bertz CT molecular complexity index is 3600. The van der Waals surface area contributed by atoms with Crippen LogP contribution in [0.1, 0.15) is 0 Å². The van der Waals surface area contributed by atoms with Gasteiger partial charge in [0, 0.05) is 17.8 Å². The topological polar surface area (TPSA) is 43.6 Å². The van der Waals surface area contributed by atoms with Crippen LogP contribution in [-0.4, -0.2) is 20.0 Å². The van der Waals surface area contributed by atoms with Gasteiger partial charge in [-0.05, 0) is 135 Å². The highest BCUT2D eigenvalue weighted by molar-refractivity contribution is 6.23. The van der Waals surface area contributed by atoms with E-state index in [1.807, 2.05) is 12.3 Å². The second-order valence-corrected chi connectivity index (χ2v) is 15.3. The predicted octanol–water partition coefficient (Wildman–Crippen LogP) is 14.2. The van der Waals surface area contributed by atoms with Crippen molar-refractivity contribution in [2.24, 2.45) is 0 Å². The number of hydrogen-bond acceptors (Lipinski definition) is 3. The maximum atomic E-state index is 5.09. The molecule has 0 atom stereocenters. The van der Waals surface area contributed by atoms with Crippen molar-refractivity contribution in [1.82, 2.24) is 20.0 Å². The summed E-state index contributed by atoms with van der Waals surface area (Å²) in [6.07, 6.45) is 3.68. The lowest BCUT2D eigenvalue weighted by Gasteiger charge is -2.19. The van der Waals surface area contributed by atoms with Gasteiger partial charge in [0.25, 0.3) is 0 Å². The number of benzene rings is 10. The smallest absolute Gasteiger partial charge is 0.121 e. The zero-order chi connectivity index (χ0) is 38.9. The van der Waals surface area contributed by atoms with Crippen molar-refractivity contribution in [3.05, 3.63) is 207 Å². The lowest BCUT2D eigenvalue weighted by atomic mass is 9.84. The quantitative estimate of drug-likeness (QED) is 0.165. The van der Waals surface area contributed by atoms with E-state index >= 15 is 0 Å². The number of nitrogens with zero attached hydrogens (tertiary/aromatic N) is 4. The molecule has 0 saturated carbocycles. The summed E-state index contributed by atoms with van der Waals surface area (Å²) >= 11 is 0. The predicted molar refractivity (Wildman–Crippen MR) is 246 cm³/mol. The largest absolute Gasteiger partial charge is 0.264 e. The van der Waals surface area contributed by atoms with Gasteiger partial charge in [0.15, 0.2) is 0 Å². The van der Waals surface area contributed by atoms with E-state index in [2.05, 4.69) is 193 Å². The van der Waals surface area contributed by atoms with Gasteiger partial charge in [-0.1, -0.05) is 152 Å². The number of rotatable bonds is 5. The van der Waals surface area contributed by atoms with E-state index in [1.54, 1.807) is 11.0 Å². The van der Waals surface area contributed by atoms with E-state index in [1.165, 1.54) is 65.3 Å². The van der Waals surface area contributed by atoms with Crippen molar-refractivity contribution in [3.8, 4) is 50.2 Å². The normalized spacial score (nSPS) is 11.7. The van der Waals surface area contributed by atoms with Gasteiger partial charge in [0.05, 0.1) is 5.69 Å². The van der Waals surface area contributed by atoms with Crippen LogP contribution in [0.5, 0.6) is 0 Å². The van der Waals surface area contributed by atoms with Crippen LogP contribution in [0.3, 0.4) is 0 Å². The first-order valence-electron chi connectivity index (χ1n) is 20.0. The highest BCUT2D eigenvalue weighted by atomic mass is 15.5. The van der Waals surface area contributed by atoms with E-state index in [0.717, 1.165) is 49.7 Å². The molecular formula is C55H34N4. The number of aromatic nitrogens is 4. The van der Waals surface area contributed by atoms with Crippen LogP contribution in [0, 0.1) is 0 Å². The van der Waals surface area contributed by atoms with Crippen molar-refractivity contribution < 1.29 is 0 Å². The zero-order valence-corrected chi connectivity index (χ0v) is 31.9. The zero-order valence-electron chi connectivity index (χ0n) is 31.9. The molecular weight excluding hydrogens is 717 g/mol. The molecule has 0 fully saturated rings. The molecule has 0 aliphatic rings. The fraction of sp³-hybridized carbons (Fsp3) is 0. The van der Waals surface area contributed by atoms with Gasteiger partial charge in [-0.2, -0.15) is 4.80 Å². The van der Waals surface area contributed by atoms with Crippen molar-refractivity contribution in [1.29, 1.82) is 0 Å². The molecule has 0 unspecified atom stereocenters. The number of pyridine rings is 1. The van der Waals surface area contributed by atoms with Gasteiger partial charge >= 0.3 is 0 Å². The Morgan fingerprint density at radius 2 is 0.898 bits per heavy atom. The summed E-state index contributed by atoms with van der Waals surface area (Å²) < 4.78 is 0. The molecule has 4 heteroatoms. The lowest BCUT2D eigenvalue weighted by Crippen LogP contribution is -1.98. The van der Waals surface area contributed by atoms with Crippen LogP contribution in [0.25, 0.3) is 115 Å². The van der Waals surface area contributed by atoms with Gasteiger partial charge in [-0.25, -0.2) is 0 Å². The van der Waals surface area contributed by atoms with Crippen LogP contribution >= 0.6 is 0 Å². The van der Waals surface area contributed by atoms with Crippen LogP contribution in [-0.2, 0) is 0 Å². The molecule has 0 aliphatic carbocycles. The standard InChI is InChI=1S/C55H34N4/c1-3-12-38-30-41(21-19-35(38)10-1)53-46-16-6-7-17-47(46)54(42-22-20-36-11-2-4-13-39(36)31-42)51-32-40(25-28-48(51)53)50-33-52-55(49-18-8-5-15-45(49)50)58-59(57-52)44-26-23-37(24-27-44)43-14-9-29-56-34-43/h1-34H. The summed E-state index contributed by atoms with van der Waals surface area (Å²) in [4.78, 5) is 6.05. The van der Waals surface area contributed by atoms with E-state index in [-0.39, 0.29) is 0 Å². The van der Waals surface area contributed by atoms with E-state index in [9.17, 15) is 0 Å². The van der Waals surface area contributed by atoms with Crippen LogP contribution in [0.2, 0.25) is 0 Å². The van der Waals surface area contributed by atoms with E-state index in [4.69, 9.17) is 10.2 Å². The monoisotopic (exact) mass is 750 g/mol. The molecule has 10 aromatic carbocycles. The van der Waals surface area contributed by atoms with Crippen LogP contribution in [0.15, 0.2) is 207 Å². The fourth-order valence-corrected chi connectivity index (χ4v) is 9.08. The number of hydrogen-bond donors (Lipinski definition) is 0. The molecule has 0 spiro atoms. The maximum Gasteiger partial charge on any atom is 0.121 e. The Labute approximate surface area is 340 Å². The third kappa shape index (κ3) is 5.49. The van der Waals surface area contributed by atoms with Gasteiger partial charge in [-0.15, -0.1) is 10.2 Å². The molecule has 0 aliphatic heterocycles. The minimum atomic E-state index is 0.847. The highest BCUT2D eigenvalue weighted by Gasteiger charge is 2.20. The summed E-state index contributed by atoms with van der Waals surface area (Å²) in [6, 6.07) is 70.1. The molecule has 0 radical (unpaired) electrons. The molecule has 12 aromatic rings. The van der Waals surface area contributed by atoms with E-state index < -0.39 is 0 Å². The minimum Gasteiger partial charge on any atom is -0.264 e. The molecule has 2 aromatic heterocycles. The summed E-state index contributed by atoms with van der Waals surface area (Å²) in [7, 11) is 0. The average molecular weight is 751 g/mol. The van der Waals surface area contributed by atoms with Crippen molar-refractivity contribution in [2.45, 2.75) is 0 Å². The Balaban J connectivity index is 1.10. The second-order valence-electron chi connectivity index (χ2n) is 15.3. The van der Waals surface area contributed by atoms with E-state index in [0.29, 0.717) is 0 Å². The van der Waals surface area contributed by atoms with Gasteiger partial charge in [0.2, 0.25) is 0 Å². The van der Waals surface area contributed by atoms with Gasteiger partial charge in [-0.3, -0.25) is 4.98 Å². The molecule has 0 N–H and O–H groups in total. The van der Waals surface area contributed by atoms with Crippen molar-refractivity contribution in [3.63, 3.8) is 0 Å². The van der Waals surface area contributed by atoms with Gasteiger partial charge in [0.1, 0.15) is 11.0 Å². The van der Waals surface area contributed by atoms with Crippen LogP contribution < -0.4 is 0 Å². The Kier molecular flexibility index (Phi) is 7.50. The summed E-state index contributed by atoms with van der Waals surface area (Å²) in [5.41, 5.74) is 11.9. The summed E-state index contributed by atoms with van der Waals surface area (Å²) in [5, 5.41) is 22.2. The molecule has 0 bridgehead atoms. The SMILES string of the molecule is c1cncc(-c2ccc(-n3nc4cc(-c5ccc6c(-c7ccc8ccccc8c7)c7ccccc7c(-c7ccc8ccccc8c7)c6c5)c5ccccc5c4n3)cc2)c1. The Morgan fingerprint density at radius 3 is 1.56 bits per heavy atom. The minimum absolute atomic E-state index is 0.847.